The van der Waals surface area contributed by atoms with Crippen molar-refractivity contribution in [1.29, 1.82) is 0 Å². The predicted molar refractivity (Wildman–Crippen MR) is 99.3 cm³/mol. The van der Waals surface area contributed by atoms with E-state index in [0.717, 1.165) is 16.8 Å². The molecule has 0 atom stereocenters. The lowest BCUT2D eigenvalue weighted by atomic mass is 10.1. The van der Waals surface area contributed by atoms with Crippen molar-refractivity contribution in [3.8, 4) is 17.1 Å². The summed E-state index contributed by atoms with van der Waals surface area (Å²) in [5.74, 6) is 0.354. The van der Waals surface area contributed by atoms with Gasteiger partial charge in [-0.05, 0) is 22.9 Å². The lowest BCUT2D eigenvalue weighted by Gasteiger charge is -2.07. The van der Waals surface area contributed by atoms with Gasteiger partial charge in [-0.15, -0.1) is 5.10 Å². The number of hydrogen-bond acceptors (Lipinski definition) is 7. The van der Waals surface area contributed by atoms with Crippen LogP contribution in [0.5, 0.6) is 5.88 Å². The highest BCUT2D eigenvalue weighted by atomic mass is 16.5. The number of imidazole rings is 1. The molecule has 1 aromatic carbocycles. The quantitative estimate of drug-likeness (QED) is 0.512. The highest BCUT2D eigenvalue weighted by molar-refractivity contribution is 5.75. The third-order valence-corrected chi connectivity index (χ3v) is 4.11. The summed E-state index contributed by atoms with van der Waals surface area (Å²) < 4.78 is 8.85. The fourth-order valence-corrected chi connectivity index (χ4v) is 2.80. The molecule has 3 heterocycles. The summed E-state index contributed by atoms with van der Waals surface area (Å²) in [6.07, 6.45) is 6.74. The summed E-state index contributed by atoms with van der Waals surface area (Å²) in [6.45, 7) is 2.95. The van der Waals surface area contributed by atoms with Gasteiger partial charge in [0.2, 0.25) is 11.6 Å². The maximum atomic E-state index is 11.9. The topological polar surface area (TPSA) is 112 Å². The van der Waals surface area contributed by atoms with Gasteiger partial charge in [-0.3, -0.25) is 9.20 Å². The van der Waals surface area contributed by atoms with Gasteiger partial charge in [-0.2, -0.15) is 0 Å². The largest absolute Gasteiger partial charge is 0.475 e. The van der Waals surface area contributed by atoms with Crippen molar-refractivity contribution < 1.29 is 9.53 Å². The van der Waals surface area contributed by atoms with E-state index in [2.05, 4.69) is 30.8 Å². The molecule has 1 amide bonds. The lowest BCUT2D eigenvalue weighted by Crippen LogP contribution is -2.27. The highest BCUT2D eigenvalue weighted by Crippen LogP contribution is 2.24. The Morgan fingerprint density at radius 1 is 1.21 bits per heavy atom. The summed E-state index contributed by atoms with van der Waals surface area (Å²) in [5, 5.41) is 13.5. The minimum Gasteiger partial charge on any atom is -0.475 e. The van der Waals surface area contributed by atoms with Crippen LogP contribution in [-0.4, -0.2) is 47.1 Å². The van der Waals surface area contributed by atoms with E-state index in [1.165, 1.54) is 11.0 Å². The highest BCUT2D eigenvalue weighted by Gasteiger charge is 2.11. The number of amides is 1. The van der Waals surface area contributed by atoms with Crippen LogP contribution >= 0.6 is 0 Å². The normalized spacial score (nSPS) is 10.9. The third kappa shape index (κ3) is 3.65. The van der Waals surface area contributed by atoms with E-state index in [-0.39, 0.29) is 12.5 Å². The molecule has 0 unspecified atom stereocenters. The second-order valence-corrected chi connectivity index (χ2v) is 5.98. The van der Waals surface area contributed by atoms with Crippen molar-refractivity contribution in [3.63, 3.8) is 0 Å². The van der Waals surface area contributed by atoms with Gasteiger partial charge in [-0.1, -0.05) is 24.3 Å². The fourth-order valence-electron chi connectivity index (χ4n) is 2.80. The van der Waals surface area contributed by atoms with Crippen LogP contribution in [0.4, 0.5) is 0 Å². The van der Waals surface area contributed by atoms with E-state index >= 15 is 0 Å². The molecule has 4 aromatic rings. The van der Waals surface area contributed by atoms with Crippen molar-refractivity contribution in [1.82, 2.24) is 39.9 Å². The van der Waals surface area contributed by atoms with Gasteiger partial charge in [0.1, 0.15) is 12.9 Å². The summed E-state index contributed by atoms with van der Waals surface area (Å²) in [6, 6.07) is 7.92. The molecule has 4 rings (SSSR count). The molecule has 3 aromatic heterocycles. The molecule has 10 nitrogen and oxygen atoms in total. The minimum atomic E-state index is -0.158. The number of carbonyl (C=O) groups is 1. The van der Waals surface area contributed by atoms with Crippen LogP contribution in [0.3, 0.4) is 0 Å². The molecule has 0 fully saturated rings. The molecule has 0 aliphatic carbocycles. The van der Waals surface area contributed by atoms with Crippen molar-refractivity contribution in [3.05, 3.63) is 54.7 Å². The Bertz CT molecular complexity index is 1070. The van der Waals surface area contributed by atoms with E-state index in [1.54, 1.807) is 12.4 Å². The number of fused-ring (bicyclic) bond motifs is 1. The molecule has 28 heavy (non-hydrogen) atoms. The first-order chi connectivity index (χ1) is 13.7. The molecule has 0 spiro atoms. The second kappa shape index (κ2) is 7.82. The van der Waals surface area contributed by atoms with Gasteiger partial charge in [0.05, 0.1) is 18.5 Å². The zero-order valence-corrected chi connectivity index (χ0v) is 15.2. The molecule has 142 valence electrons. The number of nitrogens with zero attached hydrogens (tertiary/aromatic N) is 7. The van der Waals surface area contributed by atoms with Crippen molar-refractivity contribution in [2.75, 3.05) is 6.61 Å². The smallest absolute Gasteiger partial charge is 0.258 e. The van der Waals surface area contributed by atoms with Crippen LogP contribution in [0.25, 0.3) is 16.9 Å². The molecule has 0 radical (unpaired) electrons. The van der Waals surface area contributed by atoms with Gasteiger partial charge in [-0.25, -0.2) is 14.6 Å². The zero-order valence-electron chi connectivity index (χ0n) is 15.2. The number of rotatable bonds is 7. The van der Waals surface area contributed by atoms with E-state index in [0.29, 0.717) is 24.7 Å². The maximum absolute atomic E-state index is 11.9. The Morgan fingerprint density at radius 3 is 2.82 bits per heavy atom. The van der Waals surface area contributed by atoms with E-state index in [4.69, 9.17) is 4.74 Å². The molecule has 10 heteroatoms. The summed E-state index contributed by atoms with van der Waals surface area (Å²) >= 11 is 0. The number of carbonyl (C=O) groups excluding carboxylic acids is 1. The van der Waals surface area contributed by atoms with Crippen molar-refractivity contribution in [2.24, 2.45) is 0 Å². The molecule has 0 aliphatic heterocycles. The van der Waals surface area contributed by atoms with Crippen LogP contribution in [0.2, 0.25) is 0 Å². The van der Waals surface area contributed by atoms with Gasteiger partial charge in [0, 0.05) is 24.5 Å². The standard InChI is InChI=1S/C18H18N8O2/c1-2-28-18-17-21-10-15(26(17)8-7-19-18)14-5-3-13(4-6-14)9-20-16(27)11-25-12-22-23-24-25/h3-8,10,12H,2,9,11H2,1H3,(H,20,27). The Labute approximate surface area is 160 Å². The summed E-state index contributed by atoms with van der Waals surface area (Å²) in [5.41, 5.74) is 3.61. The molecule has 0 saturated heterocycles. The van der Waals surface area contributed by atoms with Crippen LogP contribution in [0, 0.1) is 0 Å². The number of hydrogen-bond donors (Lipinski definition) is 1. The van der Waals surface area contributed by atoms with Crippen LogP contribution in [0.1, 0.15) is 12.5 Å². The molecule has 0 aliphatic rings. The Balaban J connectivity index is 1.45. The molecule has 0 saturated carbocycles. The number of tetrazole rings is 1. The second-order valence-electron chi connectivity index (χ2n) is 5.98. The van der Waals surface area contributed by atoms with Gasteiger partial charge in [0.15, 0.2) is 0 Å². The van der Waals surface area contributed by atoms with Gasteiger partial charge in [0.25, 0.3) is 5.88 Å². The Kier molecular flexibility index (Phi) is 4.91. The number of aromatic nitrogens is 7. The maximum Gasteiger partial charge on any atom is 0.258 e. The first kappa shape index (κ1) is 17.6. The zero-order chi connectivity index (χ0) is 19.3. The average molecular weight is 378 g/mol. The molecular formula is C18H18N8O2. The van der Waals surface area contributed by atoms with E-state index in [1.807, 2.05) is 41.8 Å². The van der Waals surface area contributed by atoms with Gasteiger partial charge < -0.3 is 10.1 Å². The first-order valence-electron chi connectivity index (χ1n) is 8.76. The lowest BCUT2D eigenvalue weighted by molar-refractivity contribution is -0.122. The molecular weight excluding hydrogens is 360 g/mol. The fraction of sp³-hybridized carbons (Fsp3) is 0.222. The third-order valence-electron chi connectivity index (χ3n) is 4.11. The predicted octanol–water partition coefficient (Wildman–Crippen LogP) is 1.10. The van der Waals surface area contributed by atoms with Gasteiger partial charge >= 0.3 is 0 Å². The summed E-state index contributed by atoms with van der Waals surface area (Å²) in [4.78, 5) is 20.6. The first-order valence-corrected chi connectivity index (χ1v) is 8.76. The van der Waals surface area contributed by atoms with E-state index in [9.17, 15) is 4.79 Å². The molecule has 0 bridgehead atoms. The monoisotopic (exact) mass is 378 g/mol. The van der Waals surface area contributed by atoms with Crippen molar-refractivity contribution in [2.45, 2.75) is 20.0 Å². The Hall–Kier alpha value is -3.82. The number of benzene rings is 1. The van der Waals surface area contributed by atoms with E-state index < -0.39 is 0 Å². The minimum absolute atomic E-state index is 0.0864. The number of nitrogens with one attached hydrogen (secondary N) is 1. The number of ether oxygens (including phenoxy) is 1. The summed E-state index contributed by atoms with van der Waals surface area (Å²) in [7, 11) is 0. The Morgan fingerprint density at radius 2 is 2.07 bits per heavy atom. The SMILES string of the molecule is CCOc1nccn2c(-c3ccc(CNC(=O)Cn4cnnn4)cc3)cnc12. The van der Waals surface area contributed by atoms with Crippen LogP contribution < -0.4 is 10.1 Å². The van der Waals surface area contributed by atoms with Crippen molar-refractivity contribution >= 4 is 11.6 Å². The average Bonchev–Trinajstić information content (AvgIpc) is 3.37. The van der Waals surface area contributed by atoms with Crippen LogP contribution in [0.15, 0.2) is 49.2 Å². The molecule has 1 N–H and O–H groups in total. The van der Waals surface area contributed by atoms with Crippen LogP contribution in [-0.2, 0) is 17.9 Å².